The standard InChI is InChI=1S/C16H27NO2S/c1-6-12(2)10-20(18,19)11-16(17-5)15-8-7-13(3)14(4)9-15/h7-9,12,16-17H,6,10-11H2,1-5H3. The fourth-order valence-electron chi connectivity index (χ4n) is 2.20. The molecule has 0 fully saturated rings. The second kappa shape index (κ2) is 7.23. The molecule has 0 aromatic heterocycles. The van der Waals surface area contributed by atoms with E-state index in [2.05, 4.69) is 31.3 Å². The van der Waals surface area contributed by atoms with Crippen LogP contribution in [0.5, 0.6) is 0 Å². The predicted octanol–water partition coefficient (Wildman–Crippen LogP) is 3.02. The highest BCUT2D eigenvalue weighted by atomic mass is 32.2. The van der Waals surface area contributed by atoms with E-state index < -0.39 is 9.84 Å². The van der Waals surface area contributed by atoms with Crippen LogP contribution in [0, 0.1) is 19.8 Å². The van der Waals surface area contributed by atoms with Gasteiger partial charge in [0.15, 0.2) is 9.84 Å². The molecule has 0 radical (unpaired) electrons. The van der Waals surface area contributed by atoms with Crippen LogP contribution in [0.2, 0.25) is 0 Å². The smallest absolute Gasteiger partial charge is 0.152 e. The van der Waals surface area contributed by atoms with E-state index in [4.69, 9.17) is 0 Å². The third kappa shape index (κ3) is 4.91. The van der Waals surface area contributed by atoms with Crippen LogP contribution in [0.4, 0.5) is 0 Å². The van der Waals surface area contributed by atoms with Crippen LogP contribution < -0.4 is 5.32 Å². The van der Waals surface area contributed by atoms with Gasteiger partial charge in [-0.2, -0.15) is 0 Å². The van der Waals surface area contributed by atoms with E-state index in [1.165, 1.54) is 11.1 Å². The summed E-state index contributed by atoms with van der Waals surface area (Å²) in [5.41, 5.74) is 3.47. The van der Waals surface area contributed by atoms with Crippen molar-refractivity contribution in [2.45, 2.75) is 40.2 Å². The zero-order chi connectivity index (χ0) is 15.3. The molecule has 114 valence electrons. The largest absolute Gasteiger partial charge is 0.312 e. The minimum atomic E-state index is -3.04. The SMILES string of the molecule is CCC(C)CS(=O)(=O)CC(NC)c1ccc(C)c(C)c1. The number of hydrogen-bond acceptors (Lipinski definition) is 3. The summed E-state index contributed by atoms with van der Waals surface area (Å²) in [5, 5.41) is 3.13. The monoisotopic (exact) mass is 297 g/mol. The van der Waals surface area contributed by atoms with E-state index >= 15 is 0 Å². The van der Waals surface area contributed by atoms with Gasteiger partial charge in [-0.1, -0.05) is 38.5 Å². The van der Waals surface area contributed by atoms with Gasteiger partial charge in [0.25, 0.3) is 0 Å². The van der Waals surface area contributed by atoms with E-state index in [0.717, 1.165) is 12.0 Å². The Morgan fingerprint density at radius 1 is 1.15 bits per heavy atom. The van der Waals surface area contributed by atoms with Gasteiger partial charge >= 0.3 is 0 Å². The lowest BCUT2D eigenvalue weighted by atomic mass is 10.0. The molecule has 0 aliphatic carbocycles. The van der Waals surface area contributed by atoms with Gasteiger partial charge in [0, 0.05) is 6.04 Å². The third-order valence-corrected chi connectivity index (χ3v) is 5.86. The molecular weight excluding hydrogens is 270 g/mol. The van der Waals surface area contributed by atoms with Crippen LogP contribution in [0.3, 0.4) is 0 Å². The van der Waals surface area contributed by atoms with Crippen molar-refractivity contribution in [3.63, 3.8) is 0 Å². The summed E-state index contributed by atoms with van der Waals surface area (Å²) in [6.07, 6.45) is 0.896. The molecule has 0 saturated heterocycles. The Morgan fingerprint density at radius 2 is 1.80 bits per heavy atom. The zero-order valence-corrected chi connectivity index (χ0v) is 14.0. The van der Waals surface area contributed by atoms with Crippen molar-refractivity contribution in [2.75, 3.05) is 18.6 Å². The molecular formula is C16H27NO2S. The Kier molecular flexibility index (Phi) is 6.21. The number of benzene rings is 1. The highest BCUT2D eigenvalue weighted by Crippen LogP contribution is 2.20. The Labute approximate surface area is 123 Å². The molecule has 0 saturated carbocycles. The number of nitrogens with one attached hydrogen (secondary N) is 1. The summed E-state index contributed by atoms with van der Waals surface area (Å²) in [4.78, 5) is 0. The van der Waals surface area contributed by atoms with Crippen molar-refractivity contribution in [1.82, 2.24) is 5.32 Å². The van der Waals surface area contributed by atoms with Crippen molar-refractivity contribution >= 4 is 9.84 Å². The molecule has 2 atom stereocenters. The van der Waals surface area contributed by atoms with Crippen molar-refractivity contribution in [3.8, 4) is 0 Å². The van der Waals surface area contributed by atoms with Crippen molar-refractivity contribution in [3.05, 3.63) is 34.9 Å². The van der Waals surface area contributed by atoms with Crippen molar-refractivity contribution < 1.29 is 8.42 Å². The fourth-order valence-corrected chi connectivity index (χ4v) is 4.31. The molecule has 1 aromatic carbocycles. The molecule has 0 heterocycles. The predicted molar refractivity (Wildman–Crippen MR) is 85.8 cm³/mol. The van der Waals surface area contributed by atoms with Gasteiger partial charge in [-0.3, -0.25) is 0 Å². The molecule has 0 aliphatic heterocycles. The van der Waals surface area contributed by atoms with Gasteiger partial charge in [0.1, 0.15) is 0 Å². The zero-order valence-electron chi connectivity index (χ0n) is 13.2. The maximum Gasteiger partial charge on any atom is 0.152 e. The fraction of sp³-hybridized carbons (Fsp3) is 0.625. The Morgan fingerprint density at radius 3 is 2.30 bits per heavy atom. The second-order valence-electron chi connectivity index (χ2n) is 5.78. The Balaban J connectivity index is 2.88. The van der Waals surface area contributed by atoms with Gasteiger partial charge in [-0.15, -0.1) is 0 Å². The maximum atomic E-state index is 12.3. The number of rotatable bonds is 7. The third-order valence-electron chi connectivity index (χ3n) is 3.94. The minimum Gasteiger partial charge on any atom is -0.312 e. The van der Waals surface area contributed by atoms with E-state index in [1.807, 2.05) is 27.0 Å². The molecule has 0 aliphatic rings. The van der Waals surface area contributed by atoms with Crippen LogP contribution >= 0.6 is 0 Å². The van der Waals surface area contributed by atoms with Gasteiger partial charge in [-0.05, 0) is 43.5 Å². The second-order valence-corrected chi connectivity index (χ2v) is 7.93. The summed E-state index contributed by atoms with van der Waals surface area (Å²) in [6, 6.07) is 6.01. The van der Waals surface area contributed by atoms with Crippen molar-refractivity contribution in [1.29, 1.82) is 0 Å². The first-order valence-electron chi connectivity index (χ1n) is 7.24. The van der Waals surface area contributed by atoms with Crippen LogP contribution in [-0.4, -0.2) is 27.0 Å². The quantitative estimate of drug-likeness (QED) is 0.841. The Hall–Kier alpha value is -0.870. The van der Waals surface area contributed by atoms with Crippen molar-refractivity contribution in [2.24, 2.45) is 5.92 Å². The van der Waals surface area contributed by atoms with Crippen LogP contribution in [0.1, 0.15) is 43.0 Å². The molecule has 4 heteroatoms. The number of hydrogen-bond donors (Lipinski definition) is 1. The lowest BCUT2D eigenvalue weighted by Crippen LogP contribution is -2.28. The van der Waals surface area contributed by atoms with E-state index in [9.17, 15) is 8.42 Å². The van der Waals surface area contributed by atoms with Gasteiger partial charge in [0.2, 0.25) is 0 Å². The molecule has 20 heavy (non-hydrogen) atoms. The van der Waals surface area contributed by atoms with Gasteiger partial charge in [-0.25, -0.2) is 8.42 Å². The van der Waals surface area contributed by atoms with Crippen LogP contribution in [-0.2, 0) is 9.84 Å². The van der Waals surface area contributed by atoms with E-state index in [-0.39, 0.29) is 23.5 Å². The normalized spacial score (nSPS) is 15.1. The summed E-state index contributed by atoms with van der Waals surface area (Å²) in [5.74, 6) is 0.653. The first-order valence-corrected chi connectivity index (χ1v) is 9.06. The summed E-state index contributed by atoms with van der Waals surface area (Å²) < 4.78 is 24.5. The highest BCUT2D eigenvalue weighted by molar-refractivity contribution is 7.91. The lowest BCUT2D eigenvalue weighted by Gasteiger charge is -2.19. The number of sulfone groups is 1. The average Bonchev–Trinajstić information content (AvgIpc) is 2.38. The molecule has 1 N–H and O–H groups in total. The van der Waals surface area contributed by atoms with Gasteiger partial charge in [0.05, 0.1) is 11.5 Å². The molecule has 2 unspecified atom stereocenters. The molecule has 1 rings (SSSR count). The molecule has 1 aromatic rings. The summed E-state index contributed by atoms with van der Waals surface area (Å²) in [6.45, 7) is 8.13. The molecule has 0 amide bonds. The minimum absolute atomic E-state index is 0.136. The van der Waals surface area contributed by atoms with Gasteiger partial charge < -0.3 is 5.32 Å². The molecule has 0 spiro atoms. The number of aryl methyl sites for hydroxylation is 2. The topological polar surface area (TPSA) is 46.2 Å². The van der Waals surface area contributed by atoms with Crippen LogP contribution in [0.15, 0.2) is 18.2 Å². The Bertz CT molecular complexity index is 537. The van der Waals surface area contributed by atoms with Crippen LogP contribution in [0.25, 0.3) is 0 Å². The lowest BCUT2D eigenvalue weighted by molar-refractivity contribution is 0.549. The molecule has 3 nitrogen and oxygen atoms in total. The summed E-state index contributed by atoms with van der Waals surface area (Å²) in [7, 11) is -1.22. The summed E-state index contributed by atoms with van der Waals surface area (Å²) >= 11 is 0. The maximum absolute atomic E-state index is 12.3. The first kappa shape index (κ1) is 17.2. The molecule has 0 bridgehead atoms. The highest BCUT2D eigenvalue weighted by Gasteiger charge is 2.21. The first-order chi connectivity index (χ1) is 9.29. The average molecular weight is 297 g/mol. The van der Waals surface area contributed by atoms with E-state index in [0.29, 0.717) is 0 Å². The van der Waals surface area contributed by atoms with E-state index in [1.54, 1.807) is 0 Å².